The van der Waals surface area contributed by atoms with Crippen LogP contribution in [0.15, 0.2) is 33.6 Å². The molecule has 0 radical (unpaired) electrons. The van der Waals surface area contributed by atoms with E-state index in [0.717, 1.165) is 28.8 Å². The van der Waals surface area contributed by atoms with E-state index in [1.807, 2.05) is 36.1 Å². The van der Waals surface area contributed by atoms with Crippen LogP contribution in [0.4, 0.5) is 0 Å². The van der Waals surface area contributed by atoms with E-state index in [-0.39, 0.29) is 11.8 Å². The lowest BCUT2D eigenvalue weighted by Gasteiger charge is -2.26. The van der Waals surface area contributed by atoms with Crippen LogP contribution in [-0.2, 0) is 9.59 Å². The minimum atomic E-state index is -0.492. The zero-order chi connectivity index (χ0) is 17.2. The Bertz CT molecular complexity index is 525. The molecular formula is C17H25BrN2O2S. The molecule has 1 unspecified atom stereocenters. The van der Waals surface area contributed by atoms with Gasteiger partial charge in [-0.05, 0) is 31.5 Å². The van der Waals surface area contributed by atoms with Gasteiger partial charge < -0.3 is 10.2 Å². The minimum absolute atomic E-state index is 0.00125. The molecule has 0 aliphatic carbocycles. The van der Waals surface area contributed by atoms with Crippen LogP contribution < -0.4 is 5.32 Å². The molecule has 2 amide bonds. The van der Waals surface area contributed by atoms with Crippen molar-refractivity contribution in [1.82, 2.24) is 10.2 Å². The minimum Gasteiger partial charge on any atom is -0.344 e. The molecule has 128 valence electrons. The van der Waals surface area contributed by atoms with Crippen molar-refractivity contribution in [3.63, 3.8) is 0 Å². The number of carbonyl (C=O) groups excluding carboxylic acids is 2. The number of unbranched alkanes of at least 4 members (excludes halogenated alkanes) is 1. The molecule has 0 aliphatic rings. The van der Waals surface area contributed by atoms with E-state index in [1.165, 1.54) is 6.92 Å². The van der Waals surface area contributed by atoms with E-state index >= 15 is 0 Å². The molecule has 1 atom stereocenters. The summed E-state index contributed by atoms with van der Waals surface area (Å²) >= 11 is 5.02. The zero-order valence-corrected chi connectivity index (χ0v) is 16.4. The molecule has 0 spiro atoms. The number of thioether (sulfide) groups is 1. The van der Waals surface area contributed by atoms with Crippen LogP contribution in [-0.4, -0.2) is 41.6 Å². The molecule has 0 heterocycles. The summed E-state index contributed by atoms with van der Waals surface area (Å²) in [6.07, 6.45) is 2.02. The number of nitrogens with zero attached hydrogens (tertiary/aromatic N) is 1. The van der Waals surface area contributed by atoms with E-state index in [1.54, 1.807) is 11.8 Å². The number of rotatable bonds is 9. The van der Waals surface area contributed by atoms with Gasteiger partial charge in [0, 0.05) is 35.1 Å². The SMILES string of the molecule is CCCCN(CC)C(=O)C(CSc1cccc(Br)c1)NC(C)=O. The third kappa shape index (κ3) is 7.40. The van der Waals surface area contributed by atoms with Crippen molar-refractivity contribution in [2.45, 2.75) is 44.6 Å². The summed E-state index contributed by atoms with van der Waals surface area (Å²) in [5.74, 6) is 0.348. The predicted molar refractivity (Wildman–Crippen MR) is 99.6 cm³/mol. The van der Waals surface area contributed by atoms with Crippen LogP contribution in [0.2, 0.25) is 0 Å². The Morgan fingerprint density at radius 3 is 2.65 bits per heavy atom. The Balaban J connectivity index is 2.74. The van der Waals surface area contributed by atoms with E-state index < -0.39 is 6.04 Å². The van der Waals surface area contributed by atoms with Crippen molar-refractivity contribution in [1.29, 1.82) is 0 Å². The van der Waals surface area contributed by atoms with E-state index in [9.17, 15) is 9.59 Å². The van der Waals surface area contributed by atoms with Gasteiger partial charge in [0.25, 0.3) is 0 Å². The number of nitrogens with one attached hydrogen (secondary N) is 1. The fraction of sp³-hybridized carbons (Fsp3) is 0.529. The highest BCUT2D eigenvalue weighted by Gasteiger charge is 2.24. The summed E-state index contributed by atoms with van der Waals surface area (Å²) in [6.45, 7) is 6.93. The van der Waals surface area contributed by atoms with E-state index in [2.05, 4.69) is 28.2 Å². The largest absolute Gasteiger partial charge is 0.344 e. The van der Waals surface area contributed by atoms with Crippen molar-refractivity contribution in [3.8, 4) is 0 Å². The summed E-state index contributed by atoms with van der Waals surface area (Å²) < 4.78 is 1.00. The van der Waals surface area contributed by atoms with Gasteiger partial charge in [0.2, 0.25) is 11.8 Å². The van der Waals surface area contributed by atoms with Gasteiger partial charge in [0.05, 0.1) is 0 Å². The average molecular weight is 401 g/mol. The van der Waals surface area contributed by atoms with Crippen molar-refractivity contribution in [2.75, 3.05) is 18.8 Å². The molecule has 1 N–H and O–H groups in total. The third-order valence-electron chi connectivity index (χ3n) is 3.36. The molecule has 0 bridgehead atoms. The lowest BCUT2D eigenvalue weighted by Crippen LogP contribution is -2.49. The molecule has 4 nitrogen and oxygen atoms in total. The lowest BCUT2D eigenvalue weighted by molar-refractivity contribution is -0.135. The Labute approximate surface area is 151 Å². The van der Waals surface area contributed by atoms with E-state index in [4.69, 9.17) is 0 Å². The number of carbonyl (C=O) groups is 2. The van der Waals surface area contributed by atoms with Crippen molar-refractivity contribution in [2.24, 2.45) is 0 Å². The summed E-state index contributed by atoms with van der Waals surface area (Å²) in [4.78, 5) is 27.0. The molecule has 23 heavy (non-hydrogen) atoms. The molecule has 6 heteroatoms. The Hall–Kier alpha value is -1.01. The molecule has 1 aromatic carbocycles. The first-order valence-electron chi connectivity index (χ1n) is 7.92. The highest BCUT2D eigenvalue weighted by Crippen LogP contribution is 2.23. The maximum Gasteiger partial charge on any atom is 0.246 e. The molecule has 0 aliphatic heterocycles. The number of likely N-dealkylation sites (N-methyl/N-ethyl adjacent to an activating group) is 1. The van der Waals surface area contributed by atoms with Gasteiger partial charge in [-0.15, -0.1) is 11.8 Å². The van der Waals surface area contributed by atoms with Crippen molar-refractivity contribution in [3.05, 3.63) is 28.7 Å². The second kappa shape index (κ2) is 10.7. The molecular weight excluding hydrogens is 376 g/mol. The molecule has 0 saturated heterocycles. The maximum atomic E-state index is 12.7. The summed E-state index contributed by atoms with van der Waals surface area (Å²) in [7, 11) is 0. The maximum absolute atomic E-state index is 12.7. The number of hydrogen-bond donors (Lipinski definition) is 1. The Morgan fingerprint density at radius 2 is 2.09 bits per heavy atom. The van der Waals surface area contributed by atoms with Gasteiger partial charge in [-0.1, -0.05) is 35.3 Å². The van der Waals surface area contributed by atoms with Gasteiger partial charge in [0.15, 0.2) is 0 Å². The quantitative estimate of drug-likeness (QED) is 0.642. The monoisotopic (exact) mass is 400 g/mol. The molecule has 0 saturated carbocycles. The van der Waals surface area contributed by atoms with Gasteiger partial charge in [-0.3, -0.25) is 9.59 Å². The van der Waals surface area contributed by atoms with Gasteiger partial charge >= 0.3 is 0 Å². The number of hydrogen-bond acceptors (Lipinski definition) is 3. The molecule has 1 rings (SSSR count). The predicted octanol–water partition coefficient (Wildman–Crippen LogP) is 3.69. The highest BCUT2D eigenvalue weighted by atomic mass is 79.9. The molecule has 1 aromatic rings. The fourth-order valence-corrected chi connectivity index (χ4v) is 3.67. The Kier molecular flexibility index (Phi) is 9.33. The lowest BCUT2D eigenvalue weighted by atomic mass is 10.2. The van der Waals surface area contributed by atoms with Gasteiger partial charge in [-0.25, -0.2) is 0 Å². The first kappa shape index (κ1) is 20.0. The second-order valence-corrected chi connectivity index (χ2v) is 7.30. The smallest absolute Gasteiger partial charge is 0.246 e. The average Bonchev–Trinajstić information content (AvgIpc) is 2.51. The standard InChI is InChI=1S/C17H25BrN2O2S/c1-4-6-10-20(5-2)17(22)16(19-13(3)21)12-23-15-9-7-8-14(18)11-15/h7-9,11,16H,4-6,10,12H2,1-3H3,(H,19,21). The summed E-state index contributed by atoms with van der Waals surface area (Å²) in [6, 6.07) is 7.44. The number of amides is 2. The van der Waals surface area contributed by atoms with Crippen LogP contribution in [0, 0.1) is 0 Å². The van der Waals surface area contributed by atoms with Gasteiger partial charge in [0.1, 0.15) is 6.04 Å². The normalized spacial score (nSPS) is 11.8. The summed E-state index contributed by atoms with van der Waals surface area (Å²) in [5, 5.41) is 2.79. The van der Waals surface area contributed by atoms with Crippen LogP contribution in [0.1, 0.15) is 33.6 Å². The first-order valence-corrected chi connectivity index (χ1v) is 9.70. The van der Waals surface area contributed by atoms with Crippen LogP contribution in [0.5, 0.6) is 0 Å². The fourth-order valence-electron chi connectivity index (χ4n) is 2.15. The third-order valence-corrected chi connectivity index (χ3v) is 4.94. The van der Waals surface area contributed by atoms with Crippen LogP contribution >= 0.6 is 27.7 Å². The van der Waals surface area contributed by atoms with Gasteiger partial charge in [-0.2, -0.15) is 0 Å². The molecule has 0 fully saturated rings. The summed E-state index contributed by atoms with van der Waals surface area (Å²) in [5.41, 5.74) is 0. The van der Waals surface area contributed by atoms with E-state index in [0.29, 0.717) is 12.3 Å². The second-order valence-electron chi connectivity index (χ2n) is 5.29. The Morgan fingerprint density at radius 1 is 1.35 bits per heavy atom. The molecule has 0 aromatic heterocycles. The topological polar surface area (TPSA) is 49.4 Å². The number of benzene rings is 1. The zero-order valence-electron chi connectivity index (χ0n) is 14.0. The highest BCUT2D eigenvalue weighted by molar-refractivity contribution is 9.10. The van der Waals surface area contributed by atoms with Crippen LogP contribution in [0.3, 0.4) is 0 Å². The van der Waals surface area contributed by atoms with Crippen LogP contribution in [0.25, 0.3) is 0 Å². The first-order chi connectivity index (χ1) is 11.0. The van der Waals surface area contributed by atoms with Crippen molar-refractivity contribution < 1.29 is 9.59 Å². The van der Waals surface area contributed by atoms with Crippen molar-refractivity contribution >= 4 is 39.5 Å². The number of halogens is 1.